The first-order chi connectivity index (χ1) is 25.4. The van der Waals surface area contributed by atoms with E-state index in [4.69, 9.17) is 9.47 Å². The second kappa shape index (κ2) is 16.1. The van der Waals surface area contributed by atoms with Gasteiger partial charge in [0.1, 0.15) is 16.4 Å². The summed E-state index contributed by atoms with van der Waals surface area (Å²) >= 11 is 0.385. The number of thiophene rings is 1. The number of benzene rings is 1. The number of carbonyl (C=O) groups is 3. The highest BCUT2D eigenvalue weighted by molar-refractivity contribution is 7.10. The fourth-order valence-electron chi connectivity index (χ4n) is 6.88. The van der Waals surface area contributed by atoms with Crippen molar-refractivity contribution in [3.05, 3.63) is 70.2 Å². The summed E-state index contributed by atoms with van der Waals surface area (Å²) in [6.07, 6.45) is -6.94. The summed E-state index contributed by atoms with van der Waals surface area (Å²) in [5.74, 6) is -2.25. The van der Waals surface area contributed by atoms with Crippen molar-refractivity contribution in [3.8, 4) is 11.5 Å². The zero-order valence-corrected chi connectivity index (χ0v) is 30.8. The summed E-state index contributed by atoms with van der Waals surface area (Å²) in [4.78, 5) is 47.9. The summed E-state index contributed by atoms with van der Waals surface area (Å²) < 4.78 is 95.4. The van der Waals surface area contributed by atoms with Crippen LogP contribution in [0.3, 0.4) is 0 Å². The number of aliphatic carboxylic acids is 1. The Balaban J connectivity index is 1.44. The van der Waals surface area contributed by atoms with Crippen molar-refractivity contribution in [2.75, 3.05) is 44.2 Å². The summed E-state index contributed by atoms with van der Waals surface area (Å²) in [5.41, 5.74) is -4.10. The molecule has 0 saturated carbocycles. The van der Waals surface area contributed by atoms with Crippen molar-refractivity contribution >= 4 is 34.8 Å². The van der Waals surface area contributed by atoms with Gasteiger partial charge >= 0.3 is 18.3 Å². The Kier molecular flexibility index (Phi) is 12.1. The number of anilines is 1. The van der Waals surface area contributed by atoms with Crippen LogP contribution in [0.5, 0.6) is 11.5 Å². The van der Waals surface area contributed by atoms with E-state index in [1.807, 2.05) is 17.0 Å². The van der Waals surface area contributed by atoms with Gasteiger partial charge < -0.3 is 29.3 Å². The van der Waals surface area contributed by atoms with Crippen LogP contribution in [-0.4, -0.2) is 88.6 Å². The first-order valence-corrected chi connectivity index (χ1v) is 18.4. The number of carbonyl (C=O) groups excluding carboxylic acids is 2. The van der Waals surface area contributed by atoms with Gasteiger partial charge in [-0.3, -0.25) is 19.4 Å². The first-order valence-electron chi connectivity index (χ1n) is 17.6. The number of hydrogen-bond donors (Lipinski definition) is 1. The van der Waals surface area contributed by atoms with Crippen molar-refractivity contribution in [1.82, 2.24) is 14.8 Å². The molecular formula is C37H42F6N4O6S. The van der Waals surface area contributed by atoms with Crippen molar-refractivity contribution in [1.29, 1.82) is 0 Å². The highest BCUT2D eigenvalue weighted by Gasteiger charge is 2.56. The van der Waals surface area contributed by atoms with Crippen LogP contribution in [0.2, 0.25) is 0 Å². The maximum absolute atomic E-state index is 14.9. The van der Waals surface area contributed by atoms with E-state index in [0.29, 0.717) is 42.7 Å². The van der Waals surface area contributed by atoms with E-state index in [1.165, 1.54) is 9.80 Å². The van der Waals surface area contributed by atoms with Crippen LogP contribution >= 0.6 is 11.3 Å². The lowest BCUT2D eigenvalue weighted by Gasteiger charge is -2.50. The van der Waals surface area contributed by atoms with Crippen LogP contribution in [0.15, 0.2) is 54.2 Å². The van der Waals surface area contributed by atoms with Gasteiger partial charge in [0.2, 0.25) is 5.60 Å². The summed E-state index contributed by atoms with van der Waals surface area (Å²) in [6, 6.07) is 7.55. The highest BCUT2D eigenvalue weighted by atomic mass is 32.1. The second-order valence-corrected chi connectivity index (χ2v) is 14.9. The molecule has 2 aliphatic rings. The number of para-hydroxylation sites is 2. The molecule has 5 rings (SSSR count). The molecule has 3 aromatic rings. The monoisotopic (exact) mass is 784 g/mol. The molecule has 2 amide bonds. The predicted molar refractivity (Wildman–Crippen MR) is 188 cm³/mol. The molecule has 17 heteroatoms. The molecule has 1 N–H and O–H groups in total. The molecule has 0 aliphatic carbocycles. The Morgan fingerprint density at radius 1 is 1.00 bits per heavy atom. The SMILES string of the molecule is CCC[C@@H]1N(C(=O)c2cnccc2C(F)(F)F)CCC[C@]1(Oc1csc(C(F)(F)F)c1)C(=O)N1CCN(c2ccccc2OCCC(C)(C)C(=O)O)CC1. The zero-order chi connectivity index (χ0) is 39.5. The number of halogens is 6. The van der Waals surface area contributed by atoms with E-state index in [9.17, 15) is 45.8 Å². The number of carboxylic acids is 1. The lowest BCUT2D eigenvalue weighted by atomic mass is 9.79. The molecule has 10 nitrogen and oxygen atoms in total. The molecule has 0 bridgehead atoms. The Labute approximate surface area is 312 Å². The molecule has 0 unspecified atom stereocenters. The largest absolute Gasteiger partial charge is 0.491 e. The molecule has 2 aromatic heterocycles. The number of amides is 2. The standard InChI is InChI=1S/C37H42F6N4O6S/c1-4-8-29-35(53-24-21-30(54-23-24)37(41,42)43,12-7-15-47(29)31(48)25-22-44-14-11-26(25)36(38,39)40)32(49)46-18-16-45(17-19-46)27-9-5-6-10-28(27)52-20-13-34(2,3)33(50)51/h5-6,9-11,14,21-23,29H,4,7-8,12-13,15-20H2,1-3H3,(H,50,51)/t29-,35+/m0/s1. The normalized spacial score (nSPS) is 19.8. The van der Waals surface area contributed by atoms with Gasteiger partial charge in [-0.15, -0.1) is 11.3 Å². The Morgan fingerprint density at radius 3 is 2.33 bits per heavy atom. The van der Waals surface area contributed by atoms with E-state index in [2.05, 4.69) is 4.98 Å². The molecule has 0 spiro atoms. The van der Waals surface area contributed by atoms with E-state index in [-0.39, 0.29) is 57.7 Å². The summed E-state index contributed by atoms with van der Waals surface area (Å²) in [6.45, 7) is 6.03. The maximum Gasteiger partial charge on any atom is 0.425 e. The van der Waals surface area contributed by atoms with Crippen LogP contribution in [0.25, 0.3) is 0 Å². The number of piperazine rings is 1. The van der Waals surface area contributed by atoms with Gasteiger partial charge in [-0.05, 0) is 51.3 Å². The highest BCUT2D eigenvalue weighted by Crippen LogP contribution is 2.43. The van der Waals surface area contributed by atoms with E-state index in [0.717, 1.165) is 29.5 Å². The smallest absolute Gasteiger partial charge is 0.425 e. The fraction of sp³-hybridized carbons (Fsp3) is 0.514. The van der Waals surface area contributed by atoms with Gasteiger partial charge in [0, 0.05) is 63.0 Å². The Hall–Kier alpha value is -4.54. The molecule has 0 radical (unpaired) electrons. The van der Waals surface area contributed by atoms with Crippen LogP contribution < -0.4 is 14.4 Å². The van der Waals surface area contributed by atoms with Gasteiger partial charge in [-0.25, -0.2) is 0 Å². The molecule has 2 atom stereocenters. The average Bonchev–Trinajstić information content (AvgIpc) is 3.61. The van der Waals surface area contributed by atoms with Crippen molar-refractivity contribution in [2.45, 2.75) is 76.9 Å². The average molecular weight is 785 g/mol. The number of piperidine rings is 1. The number of aromatic nitrogens is 1. The number of hydrogen-bond acceptors (Lipinski definition) is 8. The summed E-state index contributed by atoms with van der Waals surface area (Å²) in [7, 11) is 0. The van der Waals surface area contributed by atoms with Gasteiger partial charge in [0.05, 0.1) is 34.9 Å². The number of rotatable bonds is 12. The zero-order valence-electron chi connectivity index (χ0n) is 30.0. The molecule has 1 aromatic carbocycles. The predicted octanol–water partition coefficient (Wildman–Crippen LogP) is 7.63. The fourth-order valence-corrected chi connectivity index (χ4v) is 7.56. The quantitative estimate of drug-likeness (QED) is 0.187. The van der Waals surface area contributed by atoms with Crippen LogP contribution in [-0.2, 0) is 21.9 Å². The van der Waals surface area contributed by atoms with E-state index < -0.39 is 63.2 Å². The van der Waals surface area contributed by atoms with Gasteiger partial charge in [-0.2, -0.15) is 26.3 Å². The minimum absolute atomic E-state index is 0.000223. The summed E-state index contributed by atoms with van der Waals surface area (Å²) in [5, 5.41) is 10.6. The molecule has 54 heavy (non-hydrogen) atoms. The minimum Gasteiger partial charge on any atom is -0.491 e. The number of ether oxygens (including phenoxy) is 2. The van der Waals surface area contributed by atoms with Crippen LogP contribution in [0.4, 0.5) is 32.0 Å². The van der Waals surface area contributed by atoms with Gasteiger partial charge in [-0.1, -0.05) is 25.5 Å². The maximum atomic E-state index is 14.9. The van der Waals surface area contributed by atoms with E-state index in [1.54, 1.807) is 32.9 Å². The van der Waals surface area contributed by atoms with Crippen molar-refractivity contribution in [3.63, 3.8) is 0 Å². The molecular weight excluding hydrogens is 742 g/mol. The lowest BCUT2D eigenvalue weighted by Crippen LogP contribution is -2.69. The second-order valence-electron chi connectivity index (χ2n) is 14.0. The van der Waals surface area contributed by atoms with Crippen molar-refractivity contribution in [2.24, 2.45) is 5.41 Å². The van der Waals surface area contributed by atoms with Gasteiger partial charge in [0.15, 0.2) is 0 Å². The van der Waals surface area contributed by atoms with Crippen LogP contribution in [0, 0.1) is 5.41 Å². The number of carboxylic acid groups (broad SMARTS) is 1. The van der Waals surface area contributed by atoms with Gasteiger partial charge in [0.25, 0.3) is 11.8 Å². The minimum atomic E-state index is -4.88. The number of likely N-dealkylation sites (tertiary alicyclic amines) is 1. The molecule has 2 aliphatic heterocycles. The third-order valence-corrected chi connectivity index (χ3v) is 10.8. The van der Waals surface area contributed by atoms with Crippen molar-refractivity contribution < 1.29 is 55.3 Å². The number of alkyl halides is 6. The Morgan fingerprint density at radius 2 is 1.70 bits per heavy atom. The third kappa shape index (κ3) is 8.71. The topological polar surface area (TPSA) is 113 Å². The number of nitrogens with zero attached hydrogens (tertiary/aromatic N) is 4. The molecule has 2 fully saturated rings. The Bertz CT molecular complexity index is 1810. The third-order valence-electron chi connectivity index (χ3n) is 9.89. The number of pyridine rings is 1. The molecule has 2 saturated heterocycles. The van der Waals surface area contributed by atoms with E-state index >= 15 is 0 Å². The van der Waals surface area contributed by atoms with Crippen LogP contribution in [0.1, 0.15) is 73.7 Å². The molecule has 294 valence electrons. The lowest BCUT2D eigenvalue weighted by molar-refractivity contribution is -0.159. The first kappa shape index (κ1) is 40.6. The molecule has 4 heterocycles.